The molecule has 1 heterocycles. The monoisotopic (exact) mass is 307 g/mol. The molecule has 0 spiro atoms. The number of hydrogen-bond donors (Lipinski definition) is 0. The smallest absolute Gasteiger partial charge is 0.360 e. The van der Waals surface area contributed by atoms with E-state index < -0.39 is 5.97 Å². The zero-order chi connectivity index (χ0) is 16.8. The fraction of sp³-hybridized carbons (Fsp3) is 0.588. The maximum Gasteiger partial charge on any atom is 0.360 e. The summed E-state index contributed by atoms with van der Waals surface area (Å²) in [5.74, 6) is -0.188. The van der Waals surface area contributed by atoms with Crippen LogP contribution < -0.4 is 0 Å². The highest BCUT2D eigenvalue weighted by atomic mass is 16.5. The second-order valence-corrected chi connectivity index (χ2v) is 6.49. The van der Waals surface area contributed by atoms with Crippen LogP contribution in [0.25, 0.3) is 0 Å². The molecule has 0 N–H and O–H groups in total. The lowest BCUT2D eigenvalue weighted by Crippen LogP contribution is -2.15. The Morgan fingerprint density at radius 2 is 2.14 bits per heavy atom. The summed E-state index contributed by atoms with van der Waals surface area (Å²) in [5.41, 5.74) is 0.0804. The predicted octanol–water partition coefficient (Wildman–Crippen LogP) is 3.91. The van der Waals surface area contributed by atoms with E-state index in [2.05, 4.69) is 11.6 Å². The summed E-state index contributed by atoms with van der Waals surface area (Å²) in [7, 11) is 0. The van der Waals surface area contributed by atoms with E-state index in [1.54, 1.807) is 13.0 Å². The highest BCUT2D eigenvalue weighted by Crippen LogP contribution is 2.27. The Kier molecular flexibility index (Phi) is 6.53. The minimum Gasteiger partial charge on any atom is -0.461 e. The molecule has 0 unspecified atom stereocenters. The van der Waals surface area contributed by atoms with Gasteiger partial charge in [-0.15, -0.1) is 6.58 Å². The Balaban J connectivity index is 2.80. The summed E-state index contributed by atoms with van der Waals surface area (Å²) in [5, 5.41) is 0. The molecule has 122 valence electrons. The fourth-order valence-electron chi connectivity index (χ4n) is 2.19. The summed E-state index contributed by atoms with van der Waals surface area (Å²) in [6.45, 7) is 11.8. The van der Waals surface area contributed by atoms with Crippen LogP contribution in [0.15, 0.2) is 23.3 Å². The third kappa shape index (κ3) is 5.84. The van der Waals surface area contributed by atoms with Gasteiger partial charge in [0.05, 0.1) is 6.61 Å². The molecular formula is C17H25NO4. The van der Waals surface area contributed by atoms with Crippen LogP contribution in [0, 0.1) is 5.41 Å². The van der Waals surface area contributed by atoms with E-state index in [4.69, 9.17) is 9.15 Å². The van der Waals surface area contributed by atoms with Gasteiger partial charge in [0, 0.05) is 18.8 Å². The third-order valence-corrected chi connectivity index (χ3v) is 3.01. The fourth-order valence-corrected chi connectivity index (χ4v) is 2.19. The predicted molar refractivity (Wildman–Crippen MR) is 83.7 cm³/mol. The van der Waals surface area contributed by atoms with Crippen molar-refractivity contribution < 1.29 is 18.7 Å². The van der Waals surface area contributed by atoms with Gasteiger partial charge < -0.3 is 9.15 Å². The molecule has 0 fully saturated rings. The van der Waals surface area contributed by atoms with Gasteiger partial charge in [-0.1, -0.05) is 26.8 Å². The third-order valence-electron chi connectivity index (χ3n) is 3.01. The number of ketones is 1. The maximum absolute atomic E-state index is 12.2. The van der Waals surface area contributed by atoms with E-state index >= 15 is 0 Å². The van der Waals surface area contributed by atoms with Crippen LogP contribution in [0.5, 0.6) is 0 Å². The molecular weight excluding hydrogens is 282 g/mol. The van der Waals surface area contributed by atoms with Crippen molar-refractivity contribution >= 4 is 11.8 Å². The van der Waals surface area contributed by atoms with Crippen molar-refractivity contribution in [1.29, 1.82) is 0 Å². The standard InChI is InChI=1S/C17H25NO4/c1-6-8-12(9-13(19)10-17(3,4)5)15-18-14(11-22-15)16(20)21-7-2/h6,11-12H,1,7-10H2,2-5H3/t12-/m1/s1. The summed E-state index contributed by atoms with van der Waals surface area (Å²) < 4.78 is 10.2. The minimum atomic E-state index is -0.518. The normalized spacial score (nSPS) is 12.7. The van der Waals surface area contributed by atoms with Gasteiger partial charge >= 0.3 is 5.97 Å². The average Bonchev–Trinajstić information content (AvgIpc) is 2.85. The highest BCUT2D eigenvalue weighted by molar-refractivity contribution is 5.86. The van der Waals surface area contributed by atoms with Gasteiger partial charge in [-0.2, -0.15) is 0 Å². The lowest BCUT2D eigenvalue weighted by atomic mass is 9.86. The first-order valence-electron chi connectivity index (χ1n) is 7.52. The number of Topliss-reactive ketones (excluding diaryl/α,β-unsaturated/α-hetero) is 1. The molecule has 0 aliphatic heterocycles. The first kappa shape index (κ1) is 18.1. The molecule has 1 rings (SSSR count). The number of carbonyl (C=O) groups excluding carboxylic acids is 2. The number of aromatic nitrogens is 1. The van der Waals surface area contributed by atoms with Gasteiger partial charge in [-0.25, -0.2) is 9.78 Å². The largest absolute Gasteiger partial charge is 0.461 e. The zero-order valence-electron chi connectivity index (χ0n) is 13.8. The summed E-state index contributed by atoms with van der Waals surface area (Å²) in [4.78, 5) is 27.9. The Hall–Kier alpha value is -1.91. The van der Waals surface area contributed by atoms with E-state index in [0.717, 1.165) is 0 Å². The molecule has 0 bridgehead atoms. The topological polar surface area (TPSA) is 69.4 Å². The van der Waals surface area contributed by atoms with Crippen LogP contribution in [0.2, 0.25) is 0 Å². The molecule has 0 aliphatic rings. The molecule has 1 atom stereocenters. The quantitative estimate of drug-likeness (QED) is 0.538. The molecule has 0 aliphatic carbocycles. The lowest BCUT2D eigenvalue weighted by Gasteiger charge is -2.18. The molecule has 0 saturated heterocycles. The van der Waals surface area contributed by atoms with Gasteiger partial charge in [0.2, 0.25) is 0 Å². The molecule has 5 nitrogen and oxygen atoms in total. The van der Waals surface area contributed by atoms with Gasteiger partial charge in [-0.3, -0.25) is 4.79 Å². The zero-order valence-corrected chi connectivity index (χ0v) is 13.8. The number of rotatable bonds is 8. The molecule has 5 heteroatoms. The summed E-state index contributed by atoms with van der Waals surface area (Å²) in [6, 6.07) is 0. The summed E-state index contributed by atoms with van der Waals surface area (Å²) >= 11 is 0. The molecule has 0 saturated carbocycles. The van der Waals surface area contributed by atoms with Crippen molar-refractivity contribution in [3.05, 3.63) is 30.5 Å². The van der Waals surface area contributed by atoms with E-state index in [-0.39, 0.29) is 29.4 Å². The summed E-state index contributed by atoms with van der Waals surface area (Å²) in [6.07, 6.45) is 4.39. The van der Waals surface area contributed by atoms with Crippen molar-refractivity contribution in [2.45, 2.75) is 52.9 Å². The van der Waals surface area contributed by atoms with Crippen LogP contribution in [0.3, 0.4) is 0 Å². The molecule has 1 aromatic heterocycles. The second kappa shape index (κ2) is 7.92. The highest BCUT2D eigenvalue weighted by Gasteiger charge is 2.24. The van der Waals surface area contributed by atoms with Crippen molar-refractivity contribution in [3.8, 4) is 0 Å². The van der Waals surface area contributed by atoms with Crippen LogP contribution >= 0.6 is 0 Å². The van der Waals surface area contributed by atoms with Crippen molar-refractivity contribution in [2.75, 3.05) is 6.61 Å². The Morgan fingerprint density at radius 3 is 2.68 bits per heavy atom. The van der Waals surface area contributed by atoms with Crippen LogP contribution in [-0.2, 0) is 9.53 Å². The lowest BCUT2D eigenvalue weighted by molar-refractivity contribution is -0.121. The maximum atomic E-state index is 12.2. The Bertz CT molecular complexity index is 525. The van der Waals surface area contributed by atoms with Crippen molar-refractivity contribution in [1.82, 2.24) is 4.98 Å². The average molecular weight is 307 g/mol. The molecule has 1 aromatic rings. The number of ether oxygens (including phenoxy) is 1. The Morgan fingerprint density at radius 1 is 1.45 bits per heavy atom. The van der Waals surface area contributed by atoms with Gasteiger partial charge in [-0.05, 0) is 18.8 Å². The van der Waals surface area contributed by atoms with E-state index in [9.17, 15) is 9.59 Å². The van der Waals surface area contributed by atoms with Crippen LogP contribution in [-0.4, -0.2) is 23.3 Å². The molecule has 0 aromatic carbocycles. The molecule has 0 amide bonds. The van der Waals surface area contributed by atoms with Crippen molar-refractivity contribution in [2.24, 2.45) is 5.41 Å². The molecule has 22 heavy (non-hydrogen) atoms. The number of allylic oxidation sites excluding steroid dienone is 1. The van der Waals surface area contributed by atoms with Gasteiger partial charge in [0.1, 0.15) is 12.0 Å². The van der Waals surface area contributed by atoms with Crippen molar-refractivity contribution in [3.63, 3.8) is 0 Å². The molecule has 0 radical (unpaired) electrons. The van der Waals surface area contributed by atoms with Gasteiger partial charge in [0.25, 0.3) is 0 Å². The first-order valence-corrected chi connectivity index (χ1v) is 7.52. The SMILES string of the molecule is C=CC[C@H](CC(=O)CC(C)(C)C)c1nc(C(=O)OCC)co1. The number of nitrogens with zero attached hydrogens (tertiary/aromatic N) is 1. The van der Waals surface area contributed by atoms with Crippen LogP contribution in [0.4, 0.5) is 0 Å². The number of esters is 1. The van der Waals surface area contributed by atoms with Crippen LogP contribution in [0.1, 0.15) is 69.3 Å². The first-order chi connectivity index (χ1) is 10.3. The minimum absolute atomic E-state index is 0.0531. The number of oxazole rings is 1. The Labute approximate surface area is 131 Å². The van der Waals surface area contributed by atoms with Gasteiger partial charge in [0.15, 0.2) is 11.6 Å². The van der Waals surface area contributed by atoms with E-state index in [1.165, 1.54) is 6.26 Å². The number of hydrogen-bond acceptors (Lipinski definition) is 5. The number of carbonyl (C=O) groups is 2. The van der Waals surface area contributed by atoms with E-state index in [1.807, 2.05) is 20.8 Å². The second-order valence-electron chi connectivity index (χ2n) is 6.49. The van der Waals surface area contributed by atoms with E-state index in [0.29, 0.717) is 25.2 Å².